The number of hydrogen-bond acceptors (Lipinski definition) is 5. The van der Waals surface area contributed by atoms with Gasteiger partial charge in [-0.3, -0.25) is 9.59 Å². The molecule has 0 aromatic heterocycles. The molecule has 1 N–H and O–H groups in total. The largest absolute Gasteiger partial charge is 0.444 e. The quantitative estimate of drug-likeness (QED) is 0.840. The fourth-order valence-corrected chi connectivity index (χ4v) is 2.55. The monoisotopic (exact) mass is 326 g/mol. The standard InChI is InChI=1S/C16H26N2O5/c1-16(2,3)23-15(21)18-5-4-6-22-13(10-18)9-17-14(20)11-7-12(19)8-11/h11,13H,4-10H2,1-3H3,(H,17,20). The minimum atomic E-state index is -0.537. The molecule has 7 nitrogen and oxygen atoms in total. The molecule has 23 heavy (non-hydrogen) atoms. The minimum absolute atomic E-state index is 0.110. The highest BCUT2D eigenvalue weighted by atomic mass is 16.6. The fraction of sp³-hybridized carbons (Fsp3) is 0.812. The summed E-state index contributed by atoms with van der Waals surface area (Å²) in [5.41, 5.74) is -0.537. The zero-order valence-corrected chi connectivity index (χ0v) is 14.1. The summed E-state index contributed by atoms with van der Waals surface area (Å²) in [6, 6.07) is 0. The summed E-state index contributed by atoms with van der Waals surface area (Å²) in [5, 5.41) is 2.82. The van der Waals surface area contributed by atoms with Crippen molar-refractivity contribution >= 4 is 17.8 Å². The van der Waals surface area contributed by atoms with Crippen LogP contribution in [0.25, 0.3) is 0 Å². The van der Waals surface area contributed by atoms with E-state index < -0.39 is 5.60 Å². The molecule has 1 saturated carbocycles. The Morgan fingerprint density at radius 3 is 2.65 bits per heavy atom. The zero-order chi connectivity index (χ0) is 17.0. The molecule has 0 spiro atoms. The highest BCUT2D eigenvalue weighted by Crippen LogP contribution is 2.22. The summed E-state index contributed by atoms with van der Waals surface area (Å²) >= 11 is 0. The van der Waals surface area contributed by atoms with Gasteiger partial charge >= 0.3 is 6.09 Å². The van der Waals surface area contributed by atoms with Crippen LogP contribution in [0.1, 0.15) is 40.0 Å². The molecule has 1 saturated heterocycles. The molecule has 1 atom stereocenters. The lowest BCUT2D eigenvalue weighted by molar-refractivity contribution is -0.138. The number of ketones is 1. The molecule has 2 aliphatic rings. The third-order valence-corrected chi connectivity index (χ3v) is 3.82. The molecule has 7 heteroatoms. The van der Waals surface area contributed by atoms with E-state index in [1.807, 2.05) is 20.8 Å². The molecular weight excluding hydrogens is 300 g/mol. The van der Waals surface area contributed by atoms with E-state index in [1.54, 1.807) is 4.90 Å². The Hall–Kier alpha value is -1.63. The van der Waals surface area contributed by atoms with E-state index in [2.05, 4.69) is 5.32 Å². The van der Waals surface area contributed by atoms with Crippen molar-refractivity contribution in [3.05, 3.63) is 0 Å². The summed E-state index contributed by atoms with van der Waals surface area (Å²) in [7, 11) is 0. The Morgan fingerprint density at radius 2 is 2.04 bits per heavy atom. The van der Waals surface area contributed by atoms with E-state index in [-0.39, 0.29) is 29.8 Å². The first-order valence-corrected chi connectivity index (χ1v) is 8.13. The molecule has 1 unspecified atom stereocenters. The molecule has 0 radical (unpaired) electrons. The maximum absolute atomic E-state index is 12.2. The van der Waals surface area contributed by atoms with Gasteiger partial charge in [0.25, 0.3) is 0 Å². The highest BCUT2D eigenvalue weighted by molar-refractivity contribution is 5.96. The number of nitrogens with one attached hydrogen (secondary N) is 1. The van der Waals surface area contributed by atoms with Crippen molar-refractivity contribution in [2.24, 2.45) is 5.92 Å². The molecule has 1 aliphatic carbocycles. The van der Waals surface area contributed by atoms with Gasteiger partial charge in [-0.2, -0.15) is 0 Å². The first-order valence-electron chi connectivity index (χ1n) is 8.13. The van der Waals surface area contributed by atoms with Crippen LogP contribution in [0.3, 0.4) is 0 Å². The van der Waals surface area contributed by atoms with Crippen LogP contribution in [0.5, 0.6) is 0 Å². The average Bonchev–Trinajstić information content (AvgIpc) is 2.65. The highest BCUT2D eigenvalue weighted by Gasteiger charge is 2.33. The van der Waals surface area contributed by atoms with Gasteiger partial charge in [0.1, 0.15) is 11.4 Å². The molecule has 2 fully saturated rings. The van der Waals surface area contributed by atoms with Crippen LogP contribution < -0.4 is 5.32 Å². The Morgan fingerprint density at radius 1 is 1.35 bits per heavy atom. The van der Waals surface area contributed by atoms with Crippen LogP contribution >= 0.6 is 0 Å². The van der Waals surface area contributed by atoms with Crippen LogP contribution in [0.2, 0.25) is 0 Å². The normalized spacial score (nSPS) is 23.0. The van der Waals surface area contributed by atoms with Gasteiger partial charge in [-0.1, -0.05) is 0 Å². The number of nitrogens with zero attached hydrogens (tertiary/aromatic N) is 1. The molecule has 2 amide bonds. The smallest absolute Gasteiger partial charge is 0.410 e. The van der Waals surface area contributed by atoms with Gasteiger partial charge in [-0.25, -0.2) is 4.79 Å². The van der Waals surface area contributed by atoms with E-state index in [0.29, 0.717) is 39.1 Å². The summed E-state index contributed by atoms with van der Waals surface area (Å²) < 4.78 is 11.1. The maximum atomic E-state index is 12.2. The first kappa shape index (κ1) is 17.7. The molecule has 130 valence electrons. The average molecular weight is 326 g/mol. The van der Waals surface area contributed by atoms with Gasteiger partial charge in [0.05, 0.1) is 18.6 Å². The summed E-state index contributed by atoms with van der Waals surface area (Å²) in [4.78, 5) is 36.6. The maximum Gasteiger partial charge on any atom is 0.410 e. The first-order chi connectivity index (χ1) is 10.7. The SMILES string of the molecule is CC(C)(C)OC(=O)N1CCCOC(CNC(=O)C2CC(=O)C2)C1. The summed E-state index contributed by atoms with van der Waals surface area (Å²) in [6.45, 7) is 7.34. The molecule has 0 aromatic carbocycles. The second-order valence-electron chi connectivity index (χ2n) is 7.16. The summed E-state index contributed by atoms with van der Waals surface area (Å²) in [6.07, 6.45) is 0.789. The predicted octanol–water partition coefficient (Wildman–Crippen LogP) is 1.11. The number of carbonyl (C=O) groups is 3. The predicted molar refractivity (Wildman–Crippen MR) is 82.9 cm³/mol. The molecule has 0 bridgehead atoms. The lowest BCUT2D eigenvalue weighted by Crippen LogP contribution is -2.46. The number of amides is 2. The second kappa shape index (κ2) is 7.29. The van der Waals surface area contributed by atoms with Crippen molar-refractivity contribution in [1.29, 1.82) is 0 Å². The van der Waals surface area contributed by atoms with E-state index in [9.17, 15) is 14.4 Å². The lowest BCUT2D eigenvalue weighted by Gasteiger charge is -2.28. The molecular formula is C16H26N2O5. The van der Waals surface area contributed by atoms with Gasteiger partial charge in [0, 0.05) is 32.5 Å². The van der Waals surface area contributed by atoms with Gasteiger partial charge in [0.15, 0.2) is 0 Å². The second-order valence-corrected chi connectivity index (χ2v) is 7.16. The number of carbonyl (C=O) groups excluding carboxylic acids is 3. The van der Waals surface area contributed by atoms with Crippen LogP contribution in [-0.4, -0.2) is 60.6 Å². The van der Waals surface area contributed by atoms with Crippen LogP contribution in [0, 0.1) is 5.92 Å². The molecule has 2 rings (SSSR count). The van der Waals surface area contributed by atoms with E-state index in [0.717, 1.165) is 6.42 Å². The minimum Gasteiger partial charge on any atom is -0.444 e. The van der Waals surface area contributed by atoms with Gasteiger partial charge in [-0.05, 0) is 27.2 Å². The van der Waals surface area contributed by atoms with Crippen molar-refractivity contribution in [2.45, 2.75) is 51.7 Å². The van der Waals surface area contributed by atoms with E-state index in [1.165, 1.54) is 0 Å². The van der Waals surface area contributed by atoms with Crippen molar-refractivity contribution < 1.29 is 23.9 Å². The Bertz CT molecular complexity index is 464. The van der Waals surface area contributed by atoms with Crippen LogP contribution in [-0.2, 0) is 19.1 Å². The lowest BCUT2D eigenvalue weighted by atomic mass is 9.83. The Kier molecular flexibility index (Phi) is 5.62. The van der Waals surface area contributed by atoms with Crippen molar-refractivity contribution in [2.75, 3.05) is 26.2 Å². The Labute approximate surface area is 136 Å². The van der Waals surface area contributed by atoms with E-state index >= 15 is 0 Å². The number of hydrogen-bond donors (Lipinski definition) is 1. The zero-order valence-electron chi connectivity index (χ0n) is 14.1. The number of rotatable bonds is 3. The van der Waals surface area contributed by atoms with Crippen LogP contribution in [0.15, 0.2) is 0 Å². The van der Waals surface area contributed by atoms with Crippen LogP contribution in [0.4, 0.5) is 4.79 Å². The number of Topliss-reactive ketones (excluding diaryl/α,β-unsaturated/α-hetero) is 1. The van der Waals surface area contributed by atoms with Crippen molar-refractivity contribution in [1.82, 2.24) is 10.2 Å². The van der Waals surface area contributed by atoms with Gasteiger partial charge in [-0.15, -0.1) is 0 Å². The number of ether oxygens (including phenoxy) is 2. The van der Waals surface area contributed by atoms with Gasteiger partial charge in [0.2, 0.25) is 5.91 Å². The van der Waals surface area contributed by atoms with Crippen molar-refractivity contribution in [3.8, 4) is 0 Å². The third kappa shape index (κ3) is 5.49. The molecule has 1 aliphatic heterocycles. The van der Waals surface area contributed by atoms with Gasteiger partial charge < -0.3 is 19.7 Å². The Balaban J connectivity index is 1.80. The third-order valence-electron chi connectivity index (χ3n) is 3.82. The summed E-state index contributed by atoms with van der Waals surface area (Å²) in [5.74, 6) is -0.177. The van der Waals surface area contributed by atoms with E-state index in [4.69, 9.17) is 9.47 Å². The fourth-order valence-electron chi connectivity index (χ4n) is 2.55. The molecule has 1 heterocycles. The topological polar surface area (TPSA) is 84.9 Å². The van der Waals surface area contributed by atoms with Crippen molar-refractivity contribution in [3.63, 3.8) is 0 Å². The molecule has 0 aromatic rings.